The first-order valence-electron chi connectivity index (χ1n) is 9.37. The van der Waals surface area contributed by atoms with Gasteiger partial charge >= 0.3 is 12.1 Å². The number of nitrogens with one attached hydrogen (secondary N) is 1. The Morgan fingerprint density at radius 2 is 1.63 bits per heavy atom. The van der Waals surface area contributed by atoms with Crippen LogP contribution >= 0.6 is 0 Å². The van der Waals surface area contributed by atoms with E-state index in [2.05, 4.69) is 11.2 Å². The minimum absolute atomic E-state index is 0.0186. The number of rotatable bonds is 15. The van der Waals surface area contributed by atoms with Crippen molar-refractivity contribution in [2.45, 2.75) is 44.7 Å². The van der Waals surface area contributed by atoms with Crippen molar-refractivity contribution < 1.29 is 48.6 Å². The summed E-state index contributed by atoms with van der Waals surface area (Å²) in [5, 5.41) is 30.0. The van der Waals surface area contributed by atoms with E-state index < -0.39 is 49.1 Å². The van der Waals surface area contributed by atoms with E-state index in [0.717, 1.165) is 0 Å². The quantitative estimate of drug-likeness (QED) is 0.183. The van der Waals surface area contributed by atoms with Gasteiger partial charge in [-0.05, 0) is 20.8 Å². The maximum atomic E-state index is 11.6. The highest BCUT2D eigenvalue weighted by molar-refractivity contribution is 5.77. The second-order valence-electron chi connectivity index (χ2n) is 7.24. The number of ether oxygens (including phenoxy) is 5. The fourth-order valence-electron chi connectivity index (χ4n) is 1.78. The molecule has 0 aromatic rings. The molecule has 0 aliphatic rings. The molecule has 0 spiro atoms. The zero-order valence-corrected chi connectivity index (χ0v) is 17.7. The zero-order valence-electron chi connectivity index (χ0n) is 17.7. The van der Waals surface area contributed by atoms with Crippen LogP contribution in [0.15, 0.2) is 0 Å². The number of alkyl carbamates (subject to hydrolysis) is 1. The van der Waals surface area contributed by atoms with Gasteiger partial charge in [0.05, 0.1) is 33.0 Å². The smallest absolute Gasteiger partial charge is 0.408 e. The highest BCUT2D eigenvalue weighted by Gasteiger charge is 2.18. The molecule has 3 unspecified atom stereocenters. The van der Waals surface area contributed by atoms with Crippen LogP contribution in [0.4, 0.5) is 4.79 Å². The SMILES string of the molecule is C#CCOC(COCC(O)CO)COCC(O)COC(=O)CNC(=O)OC(C)(C)C. The molecule has 0 saturated heterocycles. The molecule has 0 saturated carbocycles. The molecule has 0 aliphatic heterocycles. The van der Waals surface area contributed by atoms with Crippen LogP contribution in [0.5, 0.6) is 0 Å². The Labute approximate surface area is 176 Å². The molecule has 30 heavy (non-hydrogen) atoms. The third-order valence-corrected chi connectivity index (χ3v) is 3.05. The number of hydrogen-bond donors (Lipinski definition) is 4. The van der Waals surface area contributed by atoms with Crippen LogP contribution in [-0.4, -0.2) is 104 Å². The number of hydrogen-bond acceptors (Lipinski definition) is 10. The molecule has 0 heterocycles. The topological polar surface area (TPSA) is 153 Å². The molecule has 0 bridgehead atoms. The third-order valence-electron chi connectivity index (χ3n) is 3.05. The summed E-state index contributed by atoms with van der Waals surface area (Å²) in [7, 11) is 0. The minimum atomic E-state index is -1.10. The normalized spacial score (nSPS) is 14.3. The highest BCUT2D eigenvalue weighted by atomic mass is 16.6. The number of esters is 1. The van der Waals surface area contributed by atoms with Crippen LogP contribution in [0.25, 0.3) is 0 Å². The predicted octanol–water partition coefficient (Wildman–Crippen LogP) is -1.18. The third kappa shape index (κ3) is 17.0. The fraction of sp³-hybridized carbons (Fsp3) is 0.789. The molecule has 0 fully saturated rings. The van der Waals surface area contributed by atoms with E-state index in [1.807, 2.05) is 0 Å². The average molecular weight is 435 g/mol. The predicted molar refractivity (Wildman–Crippen MR) is 105 cm³/mol. The van der Waals surface area contributed by atoms with Crippen molar-refractivity contribution in [1.29, 1.82) is 0 Å². The van der Waals surface area contributed by atoms with Crippen molar-refractivity contribution in [3.63, 3.8) is 0 Å². The summed E-state index contributed by atoms with van der Waals surface area (Å²) in [5.41, 5.74) is -0.688. The first kappa shape index (κ1) is 28.1. The Morgan fingerprint density at radius 1 is 1.03 bits per heavy atom. The lowest BCUT2D eigenvalue weighted by atomic mass is 10.2. The largest absolute Gasteiger partial charge is 0.462 e. The lowest BCUT2D eigenvalue weighted by Crippen LogP contribution is -2.37. The second kappa shape index (κ2) is 15.8. The molecule has 0 radical (unpaired) electrons. The molecule has 1 amide bonds. The van der Waals surface area contributed by atoms with Crippen molar-refractivity contribution in [2.24, 2.45) is 0 Å². The van der Waals surface area contributed by atoms with Crippen molar-refractivity contribution in [1.82, 2.24) is 5.32 Å². The lowest BCUT2D eigenvalue weighted by Gasteiger charge is -2.20. The van der Waals surface area contributed by atoms with Crippen LogP contribution in [-0.2, 0) is 28.5 Å². The maximum Gasteiger partial charge on any atom is 0.408 e. The average Bonchev–Trinajstić information content (AvgIpc) is 2.66. The summed E-state index contributed by atoms with van der Waals surface area (Å²) in [6.45, 7) is 3.78. The Hall–Kier alpha value is -1.94. The summed E-state index contributed by atoms with van der Waals surface area (Å²) in [5.74, 6) is 1.56. The van der Waals surface area contributed by atoms with Gasteiger partial charge in [-0.2, -0.15) is 0 Å². The van der Waals surface area contributed by atoms with Gasteiger partial charge in [0.15, 0.2) is 0 Å². The molecular weight excluding hydrogens is 402 g/mol. The summed E-state index contributed by atoms with van der Waals surface area (Å²) in [4.78, 5) is 23.0. The van der Waals surface area contributed by atoms with Gasteiger partial charge in [-0.1, -0.05) is 5.92 Å². The number of aliphatic hydroxyl groups is 3. The Morgan fingerprint density at radius 3 is 2.17 bits per heavy atom. The standard InChI is InChI=1S/C19H33NO10/c1-5-6-28-16(12-26-9-14(22)8-21)13-27-10-15(23)11-29-17(24)7-20-18(25)30-19(2,3)4/h1,14-16,21-23H,6-13H2,2-4H3,(H,20,25). The van der Waals surface area contributed by atoms with E-state index in [-0.39, 0.29) is 39.6 Å². The molecule has 3 atom stereocenters. The first-order chi connectivity index (χ1) is 14.1. The minimum Gasteiger partial charge on any atom is -0.462 e. The summed E-state index contributed by atoms with van der Waals surface area (Å²) < 4.78 is 25.6. The van der Waals surface area contributed by atoms with Crippen LogP contribution in [0, 0.1) is 12.3 Å². The van der Waals surface area contributed by atoms with Gasteiger partial charge in [0, 0.05) is 0 Å². The van der Waals surface area contributed by atoms with Gasteiger partial charge in [-0.15, -0.1) is 6.42 Å². The summed E-state index contributed by atoms with van der Waals surface area (Å²) in [6, 6.07) is 0. The van der Waals surface area contributed by atoms with E-state index in [1.165, 1.54) is 0 Å². The number of amides is 1. The van der Waals surface area contributed by atoms with Crippen LogP contribution < -0.4 is 5.32 Å². The van der Waals surface area contributed by atoms with Crippen molar-refractivity contribution in [3.05, 3.63) is 0 Å². The number of carbonyl (C=O) groups excluding carboxylic acids is 2. The first-order valence-corrected chi connectivity index (χ1v) is 9.37. The van der Waals surface area contributed by atoms with Crippen molar-refractivity contribution >= 4 is 12.1 Å². The van der Waals surface area contributed by atoms with E-state index in [4.69, 9.17) is 35.2 Å². The van der Waals surface area contributed by atoms with Crippen molar-refractivity contribution in [2.75, 3.05) is 52.8 Å². The Balaban J connectivity index is 4.04. The molecule has 0 aliphatic carbocycles. The molecule has 4 N–H and O–H groups in total. The van der Waals surface area contributed by atoms with Crippen LogP contribution in [0.3, 0.4) is 0 Å². The molecule has 11 heteroatoms. The molecule has 11 nitrogen and oxygen atoms in total. The Bertz CT molecular complexity index is 528. The van der Waals surface area contributed by atoms with E-state index in [9.17, 15) is 19.8 Å². The fourth-order valence-corrected chi connectivity index (χ4v) is 1.78. The summed E-state index contributed by atoms with van der Waals surface area (Å²) >= 11 is 0. The molecule has 0 aromatic heterocycles. The molecular formula is C19H33NO10. The van der Waals surface area contributed by atoms with Gasteiger partial charge in [-0.25, -0.2) is 4.79 Å². The monoisotopic (exact) mass is 435 g/mol. The van der Waals surface area contributed by atoms with E-state index >= 15 is 0 Å². The van der Waals surface area contributed by atoms with Gasteiger partial charge in [-0.3, -0.25) is 4.79 Å². The lowest BCUT2D eigenvalue weighted by molar-refractivity contribution is -0.147. The Kier molecular flexibility index (Phi) is 14.8. The number of terminal acetylenes is 1. The highest BCUT2D eigenvalue weighted by Crippen LogP contribution is 2.06. The van der Waals surface area contributed by atoms with Gasteiger partial charge in [0.1, 0.15) is 43.7 Å². The molecule has 0 aromatic carbocycles. The number of aliphatic hydroxyl groups excluding tert-OH is 3. The molecule has 0 rings (SSSR count). The molecule has 174 valence electrons. The van der Waals surface area contributed by atoms with Gasteiger partial charge in [0.25, 0.3) is 0 Å². The van der Waals surface area contributed by atoms with Crippen LogP contribution in [0.2, 0.25) is 0 Å². The van der Waals surface area contributed by atoms with Crippen LogP contribution in [0.1, 0.15) is 20.8 Å². The van der Waals surface area contributed by atoms with E-state index in [0.29, 0.717) is 0 Å². The van der Waals surface area contributed by atoms with Gasteiger partial charge in [0.2, 0.25) is 0 Å². The van der Waals surface area contributed by atoms with Crippen molar-refractivity contribution in [3.8, 4) is 12.3 Å². The second-order valence-corrected chi connectivity index (χ2v) is 7.24. The van der Waals surface area contributed by atoms with E-state index in [1.54, 1.807) is 20.8 Å². The maximum absolute atomic E-state index is 11.6. The van der Waals surface area contributed by atoms with Gasteiger partial charge < -0.3 is 44.3 Å². The summed E-state index contributed by atoms with van der Waals surface area (Å²) in [6.07, 6.45) is 1.73. The zero-order chi connectivity index (χ0) is 23.0. The number of carbonyl (C=O) groups is 2.